The first kappa shape index (κ1) is 41.2. The van der Waals surface area contributed by atoms with Crippen LogP contribution < -0.4 is 42.6 Å². The van der Waals surface area contributed by atoms with Crippen molar-refractivity contribution in [3.8, 4) is 17.2 Å². The molecule has 2 aromatic carbocycles. The van der Waals surface area contributed by atoms with Crippen molar-refractivity contribution >= 4 is 17.5 Å². The van der Waals surface area contributed by atoms with Gasteiger partial charge in [-0.1, -0.05) is 12.2 Å². The lowest BCUT2D eigenvalue weighted by atomic mass is 9.78. The van der Waals surface area contributed by atoms with E-state index in [1.54, 1.807) is 18.4 Å². The van der Waals surface area contributed by atoms with Gasteiger partial charge in [0, 0.05) is 54.7 Å². The van der Waals surface area contributed by atoms with Gasteiger partial charge in [-0.05, 0) is 60.6 Å². The maximum Gasteiger partial charge on any atom is 0.229 e. The number of ether oxygens (including phenoxy) is 3. The number of rotatable bonds is 13. The predicted molar refractivity (Wildman–Crippen MR) is 206 cm³/mol. The number of guanidine groups is 1. The quantitative estimate of drug-likeness (QED) is 0.0701. The molecule has 57 heavy (non-hydrogen) atoms. The molecule has 3 heterocycles. The second kappa shape index (κ2) is 16.9. The van der Waals surface area contributed by atoms with Crippen LogP contribution in [0.25, 0.3) is 0 Å². The van der Waals surface area contributed by atoms with E-state index in [0.717, 1.165) is 11.1 Å². The normalized spacial score (nSPS) is 25.6. The van der Waals surface area contributed by atoms with Gasteiger partial charge in [0.05, 0.1) is 43.4 Å². The van der Waals surface area contributed by atoms with Crippen LogP contribution in [0.3, 0.4) is 0 Å². The van der Waals surface area contributed by atoms with Gasteiger partial charge < -0.3 is 78.0 Å². The predicted octanol–water partition coefficient (Wildman–Crippen LogP) is -1.38. The summed E-state index contributed by atoms with van der Waals surface area (Å²) < 4.78 is 17.4. The zero-order valence-corrected chi connectivity index (χ0v) is 31.5. The van der Waals surface area contributed by atoms with E-state index in [1.165, 1.54) is 26.3 Å². The van der Waals surface area contributed by atoms with Crippen LogP contribution in [0.15, 0.2) is 64.6 Å². The number of aromatic hydroxyl groups is 1. The molecule has 0 aromatic heterocycles. The van der Waals surface area contributed by atoms with Crippen LogP contribution in [-0.2, 0) is 24.3 Å². The van der Waals surface area contributed by atoms with Crippen molar-refractivity contribution in [2.45, 2.75) is 75.2 Å². The van der Waals surface area contributed by atoms with E-state index >= 15 is 0 Å². The number of aliphatic hydroxyl groups excluding tert-OH is 4. The zero-order chi connectivity index (χ0) is 41.2. The van der Waals surface area contributed by atoms with Crippen LogP contribution in [-0.4, -0.2) is 112 Å². The first-order valence-electron chi connectivity index (χ1n) is 18.3. The highest BCUT2D eigenvalue weighted by molar-refractivity contribution is 6.31. The van der Waals surface area contributed by atoms with Gasteiger partial charge in [0.25, 0.3) is 0 Å². The van der Waals surface area contributed by atoms with Gasteiger partial charge in [-0.2, -0.15) is 0 Å². The van der Waals surface area contributed by atoms with Crippen molar-refractivity contribution in [2.24, 2.45) is 22.2 Å². The SMILES string of the molecule is CN=C(N)NCc1c(CCC2=CNC(N)C=C2)cc2c(c1O)C(=O)c1c(O[C@@H]3O[C@H](CO)[C@](O)(CCC4=CCNC(N)=C4)[C@H](O)[C@H]3O)cc(OC)c(CO)c1C2=O. The lowest BCUT2D eigenvalue weighted by Gasteiger charge is -2.48. The average Bonchev–Trinajstić information content (AvgIpc) is 3.20. The Morgan fingerprint density at radius 3 is 2.49 bits per heavy atom. The highest BCUT2D eigenvalue weighted by Crippen LogP contribution is 2.45. The number of dihydropyridines is 2. The maximum absolute atomic E-state index is 14.6. The minimum absolute atomic E-state index is 0.0443. The smallest absolute Gasteiger partial charge is 0.229 e. The maximum atomic E-state index is 14.6. The summed E-state index contributed by atoms with van der Waals surface area (Å²) in [7, 11) is 2.75. The first-order valence-corrected chi connectivity index (χ1v) is 18.3. The molecule has 6 rings (SSSR count). The monoisotopic (exact) mass is 791 g/mol. The number of nitrogens with two attached hydrogens (primary N) is 3. The summed E-state index contributed by atoms with van der Waals surface area (Å²) in [6.07, 6.45) is 2.27. The minimum Gasteiger partial charge on any atom is -0.507 e. The summed E-state index contributed by atoms with van der Waals surface area (Å²) in [5.74, 6) is -2.05. The van der Waals surface area contributed by atoms with E-state index in [2.05, 4.69) is 20.9 Å². The fraction of sp³-hybridized carbons (Fsp3) is 0.410. The van der Waals surface area contributed by atoms with Crippen molar-refractivity contribution in [3.63, 3.8) is 0 Å². The van der Waals surface area contributed by atoms with Crippen molar-refractivity contribution in [1.29, 1.82) is 0 Å². The summed E-state index contributed by atoms with van der Waals surface area (Å²) in [5, 5.41) is 75.8. The molecule has 18 nitrogen and oxygen atoms in total. The molecule has 1 fully saturated rings. The molecule has 18 heteroatoms. The Hall–Kier alpha value is -5.47. The molecule has 0 bridgehead atoms. The largest absolute Gasteiger partial charge is 0.507 e. The van der Waals surface area contributed by atoms with Gasteiger partial charge in [0.15, 0.2) is 11.7 Å². The molecule has 4 aliphatic rings. The number of phenolic OH excluding ortho intramolecular Hbond substituents is 1. The summed E-state index contributed by atoms with van der Waals surface area (Å²) >= 11 is 0. The standard InChI is InChI=1S/C39H49N7O11/c1-43-38(42)46-15-22-20(5-3-19-4-6-27(40)45-14-19)12-21-30(33(22)50)34(51)31-25(13-24(55-2)23(16-47)29(31)32(21)49)56-37-35(52)36(53)39(54,26(17-48)57-37)9-7-18-8-10-44-28(41)11-18/h4,6,8,11-14,26-27,35-37,44-45,47-48,50,52-54H,3,5,7,9-10,15-17,40-41H2,1-2H3,(H3,42,43,46)/t26-,27?,35-,36-,37-,39-/m1/s1. The Kier molecular flexibility index (Phi) is 12.2. The molecular weight excluding hydrogens is 742 g/mol. The lowest BCUT2D eigenvalue weighted by Crippen LogP contribution is -2.67. The lowest BCUT2D eigenvalue weighted by molar-refractivity contribution is -0.314. The zero-order valence-electron chi connectivity index (χ0n) is 31.5. The second-order valence-electron chi connectivity index (χ2n) is 14.1. The Balaban J connectivity index is 1.38. The molecule has 3 aliphatic heterocycles. The van der Waals surface area contributed by atoms with Crippen molar-refractivity contribution in [2.75, 3.05) is 27.3 Å². The number of ketones is 2. The molecule has 0 radical (unpaired) electrons. The number of aryl methyl sites for hydroxylation is 1. The molecule has 6 atom stereocenters. The third-order valence-corrected chi connectivity index (χ3v) is 10.7. The molecule has 0 saturated carbocycles. The number of phenols is 1. The van der Waals surface area contributed by atoms with Gasteiger partial charge >= 0.3 is 0 Å². The number of hydrogen-bond acceptors (Lipinski definition) is 16. The number of allylic oxidation sites excluding steroid dienone is 4. The van der Waals surface area contributed by atoms with Gasteiger partial charge in [0.2, 0.25) is 12.1 Å². The third-order valence-electron chi connectivity index (χ3n) is 10.7. The van der Waals surface area contributed by atoms with E-state index in [1.807, 2.05) is 12.2 Å². The summed E-state index contributed by atoms with van der Waals surface area (Å²) in [6.45, 7) is -1.15. The number of aliphatic hydroxyl groups is 5. The van der Waals surface area contributed by atoms with Crippen LogP contribution >= 0.6 is 0 Å². The summed E-state index contributed by atoms with van der Waals surface area (Å²) in [4.78, 5) is 33.1. The Morgan fingerprint density at radius 2 is 1.84 bits per heavy atom. The number of fused-ring (bicyclic) bond motifs is 2. The molecule has 0 amide bonds. The van der Waals surface area contributed by atoms with Crippen LogP contribution in [0, 0.1) is 0 Å². The first-order chi connectivity index (χ1) is 27.3. The minimum atomic E-state index is -2.15. The summed E-state index contributed by atoms with van der Waals surface area (Å²) in [5.41, 5.74) is 16.7. The number of carbonyl (C=O) groups is 2. The van der Waals surface area contributed by atoms with Crippen LogP contribution in [0.1, 0.15) is 67.8 Å². The number of benzene rings is 2. The van der Waals surface area contributed by atoms with Crippen molar-refractivity contribution < 1.29 is 54.4 Å². The fourth-order valence-corrected chi connectivity index (χ4v) is 7.52. The van der Waals surface area contributed by atoms with Gasteiger partial charge in [-0.25, -0.2) is 0 Å². The Labute approximate surface area is 328 Å². The number of methoxy groups -OCH3 is 1. The molecule has 1 aliphatic carbocycles. The fourth-order valence-electron chi connectivity index (χ4n) is 7.52. The number of carbonyl (C=O) groups excluding carboxylic acids is 2. The number of nitrogens with zero attached hydrogens (tertiary/aromatic N) is 1. The number of hydrogen-bond donors (Lipinski definition) is 12. The molecular formula is C39H49N7O11. The molecule has 306 valence electrons. The molecule has 2 aromatic rings. The van der Waals surface area contributed by atoms with Crippen LogP contribution in [0.4, 0.5) is 0 Å². The van der Waals surface area contributed by atoms with Crippen LogP contribution in [0.5, 0.6) is 17.2 Å². The number of nitrogens with one attached hydrogen (secondary N) is 3. The van der Waals surface area contributed by atoms with Gasteiger partial charge in [-0.3, -0.25) is 14.6 Å². The van der Waals surface area contributed by atoms with Crippen molar-refractivity contribution in [3.05, 3.63) is 98.5 Å². The van der Waals surface area contributed by atoms with Gasteiger partial charge in [-0.15, -0.1) is 0 Å². The average molecular weight is 792 g/mol. The van der Waals surface area contributed by atoms with Crippen LogP contribution in [0.2, 0.25) is 0 Å². The van der Waals surface area contributed by atoms with E-state index in [9.17, 15) is 40.2 Å². The van der Waals surface area contributed by atoms with E-state index in [-0.39, 0.29) is 76.4 Å². The van der Waals surface area contributed by atoms with Gasteiger partial charge in [0.1, 0.15) is 41.2 Å². The second-order valence-corrected chi connectivity index (χ2v) is 14.1. The molecule has 15 N–H and O–H groups in total. The highest BCUT2D eigenvalue weighted by Gasteiger charge is 2.55. The molecule has 0 spiro atoms. The Bertz CT molecular complexity index is 2080. The summed E-state index contributed by atoms with van der Waals surface area (Å²) in [6, 6.07) is 2.72. The van der Waals surface area contributed by atoms with E-state index in [4.69, 9.17) is 31.4 Å². The Morgan fingerprint density at radius 1 is 1.07 bits per heavy atom. The topological polar surface area (TPSA) is 310 Å². The molecule has 1 saturated heterocycles. The van der Waals surface area contributed by atoms with E-state index < -0.39 is 60.7 Å². The third kappa shape index (κ3) is 7.93. The number of aliphatic imine (C=N–C) groups is 1. The van der Waals surface area contributed by atoms with E-state index in [0.29, 0.717) is 30.8 Å². The van der Waals surface area contributed by atoms with Crippen molar-refractivity contribution in [1.82, 2.24) is 16.0 Å². The highest BCUT2D eigenvalue weighted by atomic mass is 16.7. The molecule has 1 unspecified atom stereocenters.